The molecular formula is C32H50N2O2. The highest BCUT2D eigenvalue weighted by Crippen LogP contribution is 2.79. The number of fused-ring (bicyclic) bond motifs is 4. The van der Waals surface area contributed by atoms with Crippen LogP contribution in [0, 0.1) is 51.8 Å². The topological polar surface area (TPSA) is 68.3 Å². The summed E-state index contributed by atoms with van der Waals surface area (Å²) < 4.78 is 0. The van der Waals surface area contributed by atoms with E-state index in [9.17, 15) is 10.2 Å². The van der Waals surface area contributed by atoms with Crippen LogP contribution in [-0.4, -0.2) is 41.5 Å². The lowest BCUT2D eigenvalue weighted by molar-refractivity contribution is 0.00854. The van der Waals surface area contributed by atoms with Gasteiger partial charge < -0.3 is 20.5 Å². The van der Waals surface area contributed by atoms with E-state index < -0.39 is 0 Å². The van der Waals surface area contributed by atoms with Crippen molar-refractivity contribution in [2.24, 2.45) is 51.8 Å². The average molecular weight is 495 g/mol. The van der Waals surface area contributed by atoms with E-state index in [0.717, 1.165) is 19.3 Å². The van der Waals surface area contributed by atoms with Crippen molar-refractivity contribution < 1.29 is 10.2 Å². The third-order valence-electron chi connectivity index (χ3n) is 11.6. The highest BCUT2D eigenvalue weighted by molar-refractivity contribution is 5.48. The van der Waals surface area contributed by atoms with Gasteiger partial charge in [0.1, 0.15) is 0 Å². The summed E-state index contributed by atoms with van der Waals surface area (Å²) in [6.45, 7) is 15.5. The maximum atomic E-state index is 11.1. The Morgan fingerprint density at radius 3 is 2.69 bits per heavy atom. The van der Waals surface area contributed by atoms with Gasteiger partial charge in [-0.25, -0.2) is 0 Å². The van der Waals surface area contributed by atoms with Crippen LogP contribution in [0.2, 0.25) is 0 Å². The Bertz CT molecular complexity index is 980. The first-order chi connectivity index (χ1) is 17.1. The molecule has 5 rings (SSSR count). The standard InChI is InChI=1S/C32H50N2O2/c1-20-13-27-31(5,29-28(20)30(29,3)4)21(2)24(9-12-35)17-32(27)10-7-22(16-32)14-25(26(36)19-33-6)15-23-8-11-34-18-23/h8,11,13,18,21-22,24-26,28-29,33-36H,1,7,9-10,12,14-17,19H2,2-6H3. The van der Waals surface area contributed by atoms with Crippen LogP contribution in [0.1, 0.15) is 71.8 Å². The van der Waals surface area contributed by atoms with Gasteiger partial charge in [-0.15, -0.1) is 0 Å². The van der Waals surface area contributed by atoms with E-state index in [1.165, 1.54) is 36.8 Å². The Morgan fingerprint density at radius 2 is 2.03 bits per heavy atom. The van der Waals surface area contributed by atoms with Gasteiger partial charge in [0.2, 0.25) is 0 Å². The Hall–Kier alpha value is -1.36. The van der Waals surface area contributed by atoms with Crippen LogP contribution in [0.3, 0.4) is 0 Å². The highest BCUT2D eigenvalue weighted by Gasteiger charge is 2.72. The van der Waals surface area contributed by atoms with Crippen LogP contribution in [0.25, 0.3) is 0 Å². The normalized spacial score (nSPS) is 40.5. The molecule has 4 heteroatoms. The van der Waals surface area contributed by atoms with Gasteiger partial charge >= 0.3 is 0 Å². The molecule has 9 unspecified atom stereocenters. The molecule has 1 aromatic heterocycles. The van der Waals surface area contributed by atoms with Crippen molar-refractivity contribution in [3.05, 3.63) is 47.8 Å². The van der Waals surface area contributed by atoms with Gasteiger partial charge in [0.25, 0.3) is 0 Å². The molecule has 0 radical (unpaired) electrons. The maximum Gasteiger partial charge on any atom is 0.0695 e. The van der Waals surface area contributed by atoms with Crippen molar-refractivity contribution in [1.82, 2.24) is 10.3 Å². The minimum Gasteiger partial charge on any atom is -0.396 e. The molecule has 4 nitrogen and oxygen atoms in total. The highest BCUT2D eigenvalue weighted by atomic mass is 16.3. The fourth-order valence-electron chi connectivity index (χ4n) is 9.93. The third-order valence-corrected chi connectivity index (χ3v) is 11.6. The van der Waals surface area contributed by atoms with Gasteiger partial charge in [-0.3, -0.25) is 0 Å². The Morgan fingerprint density at radius 1 is 1.25 bits per heavy atom. The van der Waals surface area contributed by atoms with Crippen molar-refractivity contribution in [3.63, 3.8) is 0 Å². The fraction of sp³-hybridized carbons (Fsp3) is 0.750. The zero-order chi connectivity index (χ0) is 25.9. The van der Waals surface area contributed by atoms with Crippen LogP contribution in [0.4, 0.5) is 0 Å². The largest absolute Gasteiger partial charge is 0.396 e. The lowest BCUT2D eigenvalue weighted by Gasteiger charge is -2.57. The number of likely N-dealkylation sites (N-methyl/N-ethyl adjacent to an activating group) is 1. The van der Waals surface area contributed by atoms with Crippen molar-refractivity contribution in [2.45, 2.75) is 78.7 Å². The molecule has 3 fully saturated rings. The Labute approximate surface area is 219 Å². The van der Waals surface area contributed by atoms with E-state index in [1.54, 1.807) is 5.57 Å². The SMILES string of the molecule is C=C1C=C2C3(CCC(CC(Cc4cc[nH]c4)C(O)CNC)C3)CC(CCO)C(C)C2(C)C2C1C2(C)C. The number of aromatic nitrogens is 1. The molecule has 9 atom stereocenters. The minimum absolute atomic E-state index is 0.193. The average Bonchev–Trinajstić information content (AvgIpc) is 3.19. The van der Waals surface area contributed by atoms with Crippen LogP contribution in [0.15, 0.2) is 42.3 Å². The summed E-state index contributed by atoms with van der Waals surface area (Å²) >= 11 is 0. The fourth-order valence-corrected chi connectivity index (χ4v) is 9.93. The molecule has 4 aliphatic carbocycles. The van der Waals surface area contributed by atoms with Crippen molar-refractivity contribution in [1.29, 1.82) is 0 Å². The second-order valence-electron chi connectivity index (χ2n) is 13.9. The number of aliphatic hydroxyl groups excluding tert-OH is 2. The number of nitrogens with one attached hydrogen (secondary N) is 2. The predicted molar refractivity (Wildman–Crippen MR) is 147 cm³/mol. The predicted octanol–water partition coefficient (Wildman–Crippen LogP) is 5.74. The molecule has 1 aromatic rings. The van der Waals surface area contributed by atoms with Gasteiger partial charge in [0.05, 0.1) is 6.10 Å². The summed E-state index contributed by atoms with van der Waals surface area (Å²) in [5, 5.41) is 24.3. The molecule has 36 heavy (non-hydrogen) atoms. The van der Waals surface area contributed by atoms with Crippen molar-refractivity contribution >= 4 is 0 Å². The molecule has 1 spiro atoms. The molecular weight excluding hydrogens is 444 g/mol. The number of aromatic amines is 1. The summed E-state index contributed by atoms with van der Waals surface area (Å²) in [5.41, 5.74) is 5.09. The number of hydrogen-bond donors (Lipinski definition) is 4. The smallest absolute Gasteiger partial charge is 0.0695 e. The zero-order valence-corrected chi connectivity index (χ0v) is 23.3. The summed E-state index contributed by atoms with van der Waals surface area (Å²) in [5.74, 6) is 3.33. The van der Waals surface area contributed by atoms with Gasteiger partial charge in [-0.2, -0.15) is 0 Å². The zero-order valence-electron chi connectivity index (χ0n) is 23.3. The van der Waals surface area contributed by atoms with Gasteiger partial charge in [0.15, 0.2) is 0 Å². The van der Waals surface area contributed by atoms with E-state index in [1.807, 2.05) is 13.2 Å². The molecule has 0 aromatic carbocycles. The van der Waals surface area contributed by atoms with Crippen LogP contribution in [0.5, 0.6) is 0 Å². The minimum atomic E-state index is -0.332. The number of hydrogen-bond acceptors (Lipinski definition) is 3. The van der Waals surface area contributed by atoms with E-state index in [2.05, 4.69) is 62.9 Å². The molecule has 3 saturated carbocycles. The quantitative estimate of drug-likeness (QED) is 0.354. The van der Waals surface area contributed by atoms with Gasteiger partial charge in [-0.05, 0) is 115 Å². The molecule has 200 valence electrons. The van der Waals surface area contributed by atoms with Crippen molar-refractivity contribution in [2.75, 3.05) is 20.2 Å². The second kappa shape index (κ2) is 9.43. The maximum absolute atomic E-state index is 11.1. The van der Waals surface area contributed by atoms with Crippen LogP contribution in [-0.2, 0) is 6.42 Å². The second-order valence-corrected chi connectivity index (χ2v) is 13.9. The van der Waals surface area contributed by atoms with E-state index in [0.29, 0.717) is 48.2 Å². The number of rotatable bonds is 9. The first-order valence-electron chi connectivity index (χ1n) is 14.5. The first-order valence-corrected chi connectivity index (χ1v) is 14.5. The van der Waals surface area contributed by atoms with E-state index in [4.69, 9.17) is 0 Å². The summed E-state index contributed by atoms with van der Waals surface area (Å²) in [7, 11) is 1.93. The lowest BCUT2D eigenvalue weighted by atomic mass is 9.47. The number of allylic oxidation sites excluding steroid dienone is 3. The molecule has 0 bridgehead atoms. The Balaban J connectivity index is 1.43. The molecule has 1 heterocycles. The number of H-pyrrole nitrogens is 1. The summed E-state index contributed by atoms with van der Waals surface area (Å²) in [6, 6.07) is 2.15. The van der Waals surface area contributed by atoms with Gasteiger partial charge in [-0.1, -0.05) is 51.5 Å². The molecule has 4 N–H and O–H groups in total. The van der Waals surface area contributed by atoms with Crippen molar-refractivity contribution in [3.8, 4) is 0 Å². The van der Waals surface area contributed by atoms with E-state index >= 15 is 0 Å². The van der Waals surface area contributed by atoms with Crippen LogP contribution < -0.4 is 5.32 Å². The monoisotopic (exact) mass is 494 g/mol. The van der Waals surface area contributed by atoms with Crippen LogP contribution >= 0.6 is 0 Å². The molecule has 4 aliphatic rings. The Kier molecular flexibility index (Phi) is 6.88. The van der Waals surface area contributed by atoms with Gasteiger partial charge in [0, 0.05) is 25.5 Å². The molecule has 0 saturated heterocycles. The third kappa shape index (κ3) is 4.07. The molecule has 0 amide bonds. The lowest BCUT2D eigenvalue weighted by Crippen LogP contribution is -2.49. The summed E-state index contributed by atoms with van der Waals surface area (Å²) in [4.78, 5) is 3.19. The first kappa shape index (κ1) is 26.3. The molecule has 0 aliphatic heterocycles. The number of aliphatic hydroxyl groups is 2. The van der Waals surface area contributed by atoms with E-state index in [-0.39, 0.29) is 22.9 Å². The summed E-state index contributed by atoms with van der Waals surface area (Å²) in [6.07, 6.45) is 14.1.